The molecule has 0 aliphatic carbocycles. The average Bonchev–Trinajstić information content (AvgIpc) is 2.71. The van der Waals surface area contributed by atoms with Gasteiger partial charge < -0.3 is 10.4 Å². The quantitative estimate of drug-likeness (QED) is 0.887. The second-order valence-electron chi connectivity index (χ2n) is 4.71. The first-order valence-electron chi connectivity index (χ1n) is 6.34. The zero-order chi connectivity index (χ0) is 14.7. The number of thiophene rings is 1. The van der Waals surface area contributed by atoms with Crippen molar-refractivity contribution in [3.63, 3.8) is 0 Å². The number of carboxylic acid groups (broad SMARTS) is 1. The molecule has 5 nitrogen and oxygen atoms in total. The molecule has 0 fully saturated rings. The lowest BCUT2D eigenvalue weighted by molar-refractivity contribution is -0.137. The van der Waals surface area contributed by atoms with E-state index in [1.54, 1.807) is 0 Å². The summed E-state index contributed by atoms with van der Waals surface area (Å²) in [5.41, 5.74) is 2.79. The number of nitrogens with zero attached hydrogens (tertiary/aromatic N) is 1. The van der Waals surface area contributed by atoms with Crippen LogP contribution in [0.25, 0.3) is 10.2 Å². The lowest BCUT2D eigenvalue weighted by atomic mass is 10.1. The van der Waals surface area contributed by atoms with Crippen LogP contribution in [0.5, 0.6) is 0 Å². The van der Waals surface area contributed by atoms with Crippen molar-refractivity contribution in [1.29, 1.82) is 0 Å². The normalized spacial score (nSPS) is 10.7. The SMILES string of the molecule is Cc1cc(C)c2c(NC(=O)CCCC(=O)O)csc2n1. The largest absolute Gasteiger partial charge is 0.481 e. The van der Waals surface area contributed by atoms with Crippen molar-refractivity contribution in [2.75, 3.05) is 5.32 Å². The molecule has 0 saturated heterocycles. The van der Waals surface area contributed by atoms with Gasteiger partial charge >= 0.3 is 5.97 Å². The van der Waals surface area contributed by atoms with Crippen molar-refractivity contribution in [3.05, 3.63) is 22.7 Å². The molecule has 0 aromatic carbocycles. The molecular formula is C14H16N2O3S. The first kappa shape index (κ1) is 14.5. The van der Waals surface area contributed by atoms with Gasteiger partial charge in [-0.2, -0.15) is 0 Å². The molecule has 2 heterocycles. The predicted octanol–water partition coefficient (Wildman–Crippen LogP) is 3.11. The van der Waals surface area contributed by atoms with Crippen LogP contribution in [0.3, 0.4) is 0 Å². The van der Waals surface area contributed by atoms with E-state index < -0.39 is 5.97 Å². The molecule has 2 N–H and O–H groups in total. The Labute approximate surface area is 120 Å². The highest BCUT2D eigenvalue weighted by molar-refractivity contribution is 7.17. The Bertz CT molecular complexity index is 664. The molecule has 0 spiro atoms. The van der Waals surface area contributed by atoms with Gasteiger partial charge in [-0.25, -0.2) is 4.98 Å². The van der Waals surface area contributed by atoms with Gasteiger partial charge in [-0.05, 0) is 31.9 Å². The molecule has 0 bridgehead atoms. The second-order valence-corrected chi connectivity index (χ2v) is 5.56. The van der Waals surface area contributed by atoms with E-state index in [2.05, 4.69) is 10.3 Å². The number of hydrogen-bond donors (Lipinski definition) is 2. The van der Waals surface area contributed by atoms with E-state index in [1.807, 2.05) is 25.3 Å². The molecule has 2 aromatic rings. The number of carbonyl (C=O) groups is 2. The van der Waals surface area contributed by atoms with Gasteiger partial charge in [0.25, 0.3) is 0 Å². The summed E-state index contributed by atoms with van der Waals surface area (Å²) in [6.07, 6.45) is 0.569. The predicted molar refractivity (Wildman–Crippen MR) is 79.2 cm³/mol. The average molecular weight is 292 g/mol. The third kappa shape index (κ3) is 3.33. The van der Waals surface area contributed by atoms with Crippen LogP contribution in [0, 0.1) is 13.8 Å². The molecule has 0 unspecified atom stereocenters. The Kier molecular flexibility index (Phi) is 4.34. The minimum atomic E-state index is -0.880. The summed E-state index contributed by atoms with van der Waals surface area (Å²) < 4.78 is 0. The van der Waals surface area contributed by atoms with Gasteiger partial charge in [0, 0.05) is 29.3 Å². The minimum absolute atomic E-state index is 0.0115. The van der Waals surface area contributed by atoms with Gasteiger partial charge in [-0.15, -0.1) is 11.3 Å². The van der Waals surface area contributed by atoms with Crippen LogP contribution in [-0.2, 0) is 9.59 Å². The number of fused-ring (bicyclic) bond motifs is 1. The molecule has 1 amide bonds. The molecule has 6 heteroatoms. The number of carbonyl (C=O) groups excluding carboxylic acids is 1. The van der Waals surface area contributed by atoms with Crippen LogP contribution in [0.4, 0.5) is 5.69 Å². The van der Waals surface area contributed by atoms with E-state index in [0.29, 0.717) is 6.42 Å². The van der Waals surface area contributed by atoms with Crippen molar-refractivity contribution >= 4 is 39.1 Å². The van der Waals surface area contributed by atoms with Crippen molar-refractivity contribution in [2.45, 2.75) is 33.1 Å². The summed E-state index contributed by atoms with van der Waals surface area (Å²) in [4.78, 5) is 27.6. The van der Waals surface area contributed by atoms with Crippen LogP contribution in [0.15, 0.2) is 11.4 Å². The molecule has 106 valence electrons. The van der Waals surface area contributed by atoms with Crippen LogP contribution in [-0.4, -0.2) is 22.0 Å². The highest BCUT2D eigenvalue weighted by Gasteiger charge is 2.11. The van der Waals surface area contributed by atoms with E-state index in [1.165, 1.54) is 11.3 Å². The van der Waals surface area contributed by atoms with Gasteiger partial charge in [0.15, 0.2) is 0 Å². The number of amides is 1. The number of pyridine rings is 1. The van der Waals surface area contributed by atoms with E-state index in [4.69, 9.17) is 5.11 Å². The maximum atomic E-state index is 11.8. The lowest BCUT2D eigenvalue weighted by Crippen LogP contribution is -2.11. The summed E-state index contributed by atoms with van der Waals surface area (Å²) in [6, 6.07) is 1.98. The maximum absolute atomic E-state index is 11.8. The number of carboxylic acids is 1. The Morgan fingerprint density at radius 1 is 1.35 bits per heavy atom. The van der Waals surface area contributed by atoms with Crippen LogP contribution in [0.2, 0.25) is 0 Å². The molecule has 0 aliphatic heterocycles. The zero-order valence-electron chi connectivity index (χ0n) is 11.4. The van der Waals surface area contributed by atoms with Crippen LogP contribution in [0.1, 0.15) is 30.5 Å². The highest BCUT2D eigenvalue weighted by Crippen LogP contribution is 2.32. The molecule has 0 saturated carbocycles. The monoisotopic (exact) mass is 292 g/mol. The van der Waals surface area contributed by atoms with Gasteiger partial charge in [0.1, 0.15) is 4.83 Å². The first-order chi connectivity index (χ1) is 9.47. The van der Waals surface area contributed by atoms with Crippen molar-refractivity contribution in [3.8, 4) is 0 Å². The number of aromatic nitrogens is 1. The Morgan fingerprint density at radius 3 is 2.80 bits per heavy atom. The maximum Gasteiger partial charge on any atom is 0.303 e. The fraction of sp³-hybridized carbons (Fsp3) is 0.357. The van der Waals surface area contributed by atoms with E-state index >= 15 is 0 Å². The molecule has 0 aliphatic rings. The molecule has 20 heavy (non-hydrogen) atoms. The zero-order valence-corrected chi connectivity index (χ0v) is 12.2. The topological polar surface area (TPSA) is 79.3 Å². The third-order valence-corrected chi connectivity index (χ3v) is 3.81. The van der Waals surface area contributed by atoms with Gasteiger partial charge in [0.05, 0.1) is 5.69 Å². The number of anilines is 1. The number of hydrogen-bond acceptors (Lipinski definition) is 4. The lowest BCUT2D eigenvalue weighted by Gasteiger charge is -2.05. The van der Waals surface area contributed by atoms with Crippen molar-refractivity contribution in [2.24, 2.45) is 0 Å². The number of aliphatic carboxylic acids is 1. The van der Waals surface area contributed by atoms with Crippen molar-refractivity contribution < 1.29 is 14.7 Å². The molecular weight excluding hydrogens is 276 g/mol. The van der Waals surface area contributed by atoms with Gasteiger partial charge in [-0.3, -0.25) is 9.59 Å². The van der Waals surface area contributed by atoms with Gasteiger partial charge in [0.2, 0.25) is 5.91 Å². The molecule has 0 radical (unpaired) electrons. The summed E-state index contributed by atoms with van der Waals surface area (Å²) in [7, 11) is 0. The minimum Gasteiger partial charge on any atom is -0.481 e. The second kappa shape index (κ2) is 6.00. The summed E-state index contributed by atoms with van der Waals surface area (Å²) in [5.74, 6) is -1.04. The molecule has 0 atom stereocenters. The molecule has 2 aromatic heterocycles. The van der Waals surface area contributed by atoms with Crippen LogP contribution >= 0.6 is 11.3 Å². The number of nitrogens with one attached hydrogen (secondary N) is 1. The first-order valence-corrected chi connectivity index (χ1v) is 7.22. The molecule has 2 rings (SSSR count). The number of aryl methyl sites for hydroxylation is 2. The summed E-state index contributed by atoms with van der Waals surface area (Å²) >= 11 is 1.49. The van der Waals surface area contributed by atoms with E-state index in [0.717, 1.165) is 27.2 Å². The third-order valence-electron chi connectivity index (χ3n) is 2.94. The van der Waals surface area contributed by atoms with E-state index in [-0.39, 0.29) is 18.7 Å². The van der Waals surface area contributed by atoms with Crippen LogP contribution < -0.4 is 5.32 Å². The highest BCUT2D eigenvalue weighted by atomic mass is 32.1. The summed E-state index contributed by atoms with van der Waals surface area (Å²) in [5, 5.41) is 14.2. The standard InChI is InChI=1S/C14H16N2O3S/c1-8-6-9(2)15-14-13(8)10(7-20-14)16-11(17)4-3-5-12(18)19/h6-7H,3-5H2,1-2H3,(H,16,17)(H,18,19). The fourth-order valence-corrected chi connectivity index (χ4v) is 3.09. The number of rotatable bonds is 5. The Hall–Kier alpha value is -1.95. The smallest absolute Gasteiger partial charge is 0.303 e. The van der Waals surface area contributed by atoms with E-state index in [9.17, 15) is 9.59 Å². The Morgan fingerprint density at radius 2 is 2.10 bits per heavy atom. The van der Waals surface area contributed by atoms with Gasteiger partial charge in [-0.1, -0.05) is 0 Å². The Balaban J connectivity index is 2.10. The van der Waals surface area contributed by atoms with Crippen molar-refractivity contribution in [1.82, 2.24) is 4.98 Å². The summed E-state index contributed by atoms with van der Waals surface area (Å²) in [6.45, 7) is 3.93. The fourth-order valence-electron chi connectivity index (χ4n) is 2.09.